The molecule has 2 N–H and O–H groups in total. The monoisotopic (exact) mass is 232 g/mol. The molecule has 1 fully saturated rings. The predicted molar refractivity (Wildman–Crippen MR) is 49.5 cm³/mol. The Kier molecular flexibility index (Phi) is 1.78. The van der Waals surface area contributed by atoms with Crippen molar-refractivity contribution in [1.29, 1.82) is 0 Å². The third kappa shape index (κ3) is 1.23. The Morgan fingerprint density at radius 3 is 2.73 bits per heavy atom. The minimum atomic E-state index is -0.0866. The average molecular weight is 233 g/mol. The first-order valence-corrected chi connectivity index (χ1v) is 5.22. The first kappa shape index (κ1) is 7.71. The van der Waals surface area contributed by atoms with Crippen LogP contribution in [0.5, 0.6) is 0 Å². The highest BCUT2D eigenvalue weighted by molar-refractivity contribution is 9.11. The second kappa shape index (κ2) is 2.54. The molecule has 11 heavy (non-hydrogen) atoms. The zero-order chi connectivity index (χ0) is 7.90. The summed E-state index contributed by atoms with van der Waals surface area (Å²) in [5.41, 5.74) is 5.98. The molecule has 2 nitrogen and oxygen atoms in total. The quantitative estimate of drug-likeness (QED) is 0.807. The summed E-state index contributed by atoms with van der Waals surface area (Å²) in [6.07, 6.45) is 5.25. The van der Waals surface area contributed by atoms with E-state index in [1.165, 1.54) is 6.42 Å². The SMILES string of the molecule is NC1(c2ncc(Br)s2)CCC1. The van der Waals surface area contributed by atoms with Crippen LogP contribution in [-0.4, -0.2) is 4.98 Å². The summed E-state index contributed by atoms with van der Waals surface area (Å²) in [5, 5.41) is 1.08. The molecule has 0 aromatic carbocycles. The van der Waals surface area contributed by atoms with Crippen molar-refractivity contribution in [3.63, 3.8) is 0 Å². The van der Waals surface area contributed by atoms with Crippen molar-refractivity contribution in [2.24, 2.45) is 5.73 Å². The van der Waals surface area contributed by atoms with E-state index in [2.05, 4.69) is 20.9 Å². The number of rotatable bonds is 1. The van der Waals surface area contributed by atoms with Gasteiger partial charge in [-0.25, -0.2) is 4.98 Å². The van der Waals surface area contributed by atoms with Gasteiger partial charge in [-0.2, -0.15) is 0 Å². The van der Waals surface area contributed by atoms with Gasteiger partial charge in [-0.3, -0.25) is 0 Å². The molecular formula is C7H9BrN2S. The van der Waals surface area contributed by atoms with Crippen LogP contribution in [0.4, 0.5) is 0 Å². The number of thiazole rings is 1. The summed E-state index contributed by atoms with van der Waals surface area (Å²) in [7, 11) is 0. The third-order valence-corrected chi connectivity index (χ3v) is 3.85. The molecular weight excluding hydrogens is 224 g/mol. The van der Waals surface area contributed by atoms with Crippen molar-refractivity contribution < 1.29 is 0 Å². The molecule has 0 amide bonds. The number of halogens is 1. The van der Waals surface area contributed by atoms with Gasteiger partial charge in [0.25, 0.3) is 0 Å². The highest BCUT2D eigenvalue weighted by Gasteiger charge is 2.36. The number of hydrogen-bond donors (Lipinski definition) is 1. The van der Waals surface area contributed by atoms with Gasteiger partial charge in [0.1, 0.15) is 5.01 Å². The Bertz CT molecular complexity index is 267. The van der Waals surface area contributed by atoms with Crippen LogP contribution in [0.1, 0.15) is 24.3 Å². The summed E-state index contributed by atoms with van der Waals surface area (Å²) < 4.78 is 1.07. The zero-order valence-corrected chi connectivity index (χ0v) is 8.41. The molecule has 2 rings (SSSR count). The fraction of sp³-hybridized carbons (Fsp3) is 0.571. The van der Waals surface area contributed by atoms with Gasteiger partial charge in [-0.05, 0) is 35.2 Å². The van der Waals surface area contributed by atoms with E-state index in [4.69, 9.17) is 5.73 Å². The van der Waals surface area contributed by atoms with Crippen molar-refractivity contribution in [2.75, 3.05) is 0 Å². The molecule has 1 heterocycles. The van der Waals surface area contributed by atoms with Crippen LogP contribution >= 0.6 is 27.3 Å². The zero-order valence-electron chi connectivity index (χ0n) is 6.01. The topological polar surface area (TPSA) is 38.9 Å². The van der Waals surface area contributed by atoms with Crippen molar-refractivity contribution in [2.45, 2.75) is 24.8 Å². The Hall–Kier alpha value is 0.0700. The van der Waals surface area contributed by atoms with E-state index in [1.54, 1.807) is 11.3 Å². The van der Waals surface area contributed by atoms with Crippen LogP contribution in [0.2, 0.25) is 0 Å². The summed E-state index contributed by atoms with van der Waals surface area (Å²) >= 11 is 5.03. The molecule has 1 aromatic heterocycles. The van der Waals surface area contributed by atoms with Crippen molar-refractivity contribution in [3.8, 4) is 0 Å². The van der Waals surface area contributed by atoms with Gasteiger partial charge in [-0.15, -0.1) is 11.3 Å². The maximum absolute atomic E-state index is 6.06. The van der Waals surface area contributed by atoms with Crippen LogP contribution in [0.15, 0.2) is 9.98 Å². The maximum atomic E-state index is 6.06. The first-order valence-electron chi connectivity index (χ1n) is 3.61. The second-order valence-corrected chi connectivity index (χ2v) is 5.39. The number of nitrogens with zero attached hydrogens (tertiary/aromatic N) is 1. The molecule has 1 aromatic rings. The Labute approximate surface area is 78.0 Å². The lowest BCUT2D eigenvalue weighted by Gasteiger charge is -2.35. The van der Waals surface area contributed by atoms with E-state index in [1.807, 2.05) is 6.20 Å². The average Bonchev–Trinajstić information content (AvgIpc) is 2.31. The largest absolute Gasteiger partial charge is 0.319 e. The van der Waals surface area contributed by atoms with Gasteiger partial charge in [0, 0.05) is 0 Å². The summed E-state index contributed by atoms with van der Waals surface area (Å²) in [4.78, 5) is 4.26. The Morgan fingerprint density at radius 2 is 2.36 bits per heavy atom. The smallest absolute Gasteiger partial charge is 0.114 e. The molecule has 0 radical (unpaired) electrons. The highest BCUT2D eigenvalue weighted by atomic mass is 79.9. The fourth-order valence-corrected chi connectivity index (χ4v) is 2.62. The molecule has 1 aliphatic carbocycles. The number of hydrogen-bond acceptors (Lipinski definition) is 3. The van der Waals surface area contributed by atoms with E-state index in [-0.39, 0.29) is 5.54 Å². The third-order valence-electron chi connectivity index (χ3n) is 2.15. The molecule has 0 unspecified atom stereocenters. The molecule has 60 valence electrons. The van der Waals surface area contributed by atoms with Crippen LogP contribution < -0.4 is 5.73 Å². The van der Waals surface area contributed by atoms with Gasteiger partial charge >= 0.3 is 0 Å². The summed E-state index contributed by atoms with van der Waals surface area (Å²) in [5.74, 6) is 0. The lowest BCUT2D eigenvalue weighted by Crippen LogP contribution is -2.43. The highest BCUT2D eigenvalue weighted by Crippen LogP contribution is 2.41. The molecule has 0 spiro atoms. The van der Waals surface area contributed by atoms with Gasteiger partial charge < -0.3 is 5.73 Å². The number of aromatic nitrogens is 1. The first-order chi connectivity index (χ1) is 5.21. The van der Waals surface area contributed by atoms with Gasteiger partial charge in [0.2, 0.25) is 0 Å². The van der Waals surface area contributed by atoms with E-state index in [0.717, 1.165) is 21.6 Å². The minimum Gasteiger partial charge on any atom is -0.319 e. The fourth-order valence-electron chi connectivity index (χ4n) is 1.26. The Balaban J connectivity index is 2.28. The van der Waals surface area contributed by atoms with Crippen molar-refractivity contribution >= 4 is 27.3 Å². The van der Waals surface area contributed by atoms with Gasteiger partial charge in [0.15, 0.2) is 0 Å². The minimum absolute atomic E-state index is 0.0866. The van der Waals surface area contributed by atoms with Crippen molar-refractivity contribution in [3.05, 3.63) is 15.0 Å². The molecule has 0 aliphatic heterocycles. The molecule has 1 aliphatic rings. The van der Waals surface area contributed by atoms with E-state index < -0.39 is 0 Å². The maximum Gasteiger partial charge on any atom is 0.114 e. The van der Waals surface area contributed by atoms with Crippen LogP contribution in [0.25, 0.3) is 0 Å². The molecule has 4 heteroatoms. The summed E-state index contributed by atoms with van der Waals surface area (Å²) in [6.45, 7) is 0. The van der Waals surface area contributed by atoms with Gasteiger partial charge in [0.05, 0.1) is 15.5 Å². The van der Waals surface area contributed by atoms with Crippen molar-refractivity contribution in [1.82, 2.24) is 4.98 Å². The second-order valence-electron chi connectivity index (χ2n) is 2.98. The molecule has 1 saturated carbocycles. The standard InChI is InChI=1S/C7H9BrN2S/c8-5-4-10-6(11-5)7(9)2-1-3-7/h4H,1-3,9H2. The molecule has 0 atom stereocenters. The molecule has 0 saturated heterocycles. The normalized spacial score (nSPS) is 21.3. The van der Waals surface area contributed by atoms with Gasteiger partial charge in [-0.1, -0.05) is 0 Å². The number of nitrogens with two attached hydrogens (primary N) is 1. The van der Waals surface area contributed by atoms with E-state index in [0.29, 0.717) is 0 Å². The Morgan fingerprint density at radius 1 is 1.64 bits per heavy atom. The van der Waals surface area contributed by atoms with E-state index >= 15 is 0 Å². The lowest BCUT2D eigenvalue weighted by atomic mass is 9.78. The molecule has 0 bridgehead atoms. The van der Waals surface area contributed by atoms with Crippen LogP contribution in [0.3, 0.4) is 0 Å². The van der Waals surface area contributed by atoms with Crippen LogP contribution in [0, 0.1) is 0 Å². The predicted octanol–water partition coefficient (Wildman–Crippen LogP) is 2.24. The van der Waals surface area contributed by atoms with E-state index in [9.17, 15) is 0 Å². The lowest BCUT2D eigenvalue weighted by molar-refractivity contribution is 0.253. The summed E-state index contributed by atoms with van der Waals surface area (Å²) in [6, 6.07) is 0. The van der Waals surface area contributed by atoms with Crippen LogP contribution in [-0.2, 0) is 5.54 Å².